The molecular formula is C16H17ClO. The molecule has 0 aromatic heterocycles. The number of aliphatic hydroxyl groups excluding tert-OH is 1. The van der Waals surface area contributed by atoms with E-state index in [0.29, 0.717) is 5.02 Å². The monoisotopic (exact) mass is 260 g/mol. The van der Waals surface area contributed by atoms with Crippen molar-refractivity contribution in [2.24, 2.45) is 0 Å². The third-order valence-corrected chi connectivity index (χ3v) is 3.64. The minimum atomic E-state index is -0.622. The summed E-state index contributed by atoms with van der Waals surface area (Å²) < 4.78 is 0. The summed E-state index contributed by atoms with van der Waals surface area (Å²) in [7, 11) is 0. The SMILES string of the molecule is Cc1ccc(C(O)c2ccc(C)c(Cl)c2)c(C)c1. The fraction of sp³-hybridized carbons (Fsp3) is 0.250. The van der Waals surface area contributed by atoms with Crippen molar-refractivity contribution in [1.82, 2.24) is 0 Å². The van der Waals surface area contributed by atoms with Crippen molar-refractivity contribution in [2.75, 3.05) is 0 Å². The summed E-state index contributed by atoms with van der Waals surface area (Å²) in [4.78, 5) is 0. The molecule has 94 valence electrons. The number of hydrogen-bond donors (Lipinski definition) is 1. The highest BCUT2D eigenvalue weighted by Crippen LogP contribution is 2.28. The van der Waals surface area contributed by atoms with Crippen molar-refractivity contribution in [1.29, 1.82) is 0 Å². The van der Waals surface area contributed by atoms with Crippen LogP contribution in [0.15, 0.2) is 36.4 Å². The van der Waals surface area contributed by atoms with Crippen molar-refractivity contribution in [2.45, 2.75) is 26.9 Å². The van der Waals surface area contributed by atoms with Gasteiger partial charge in [-0.15, -0.1) is 0 Å². The molecule has 0 amide bonds. The van der Waals surface area contributed by atoms with Gasteiger partial charge in [0, 0.05) is 5.02 Å². The molecule has 2 heteroatoms. The van der Waals surface area contributed by atoms with Gasteiger partial charge in [-0.1, -0.05) is 47.5 Å². The van der Waals surface area contributed by atoms with E-state index in [-0.39, 0.29) is 0 Å². The van der Waals surface area contributed by atoms with Crippen LogP contribution in [0.2, 0.25) is 5.02 Å². The predicted molar refractivity (Wildman–Crippen MR) is 76.2 cm³/mol. The standard InChI is InChI=1S/C16H17ClO/c1-10-4-7-14(12(3)8-10)16(18)13-6-5-11(2)15(17)9-13/h4-9,16,18H,1-3H3. The molecule has 0 aliphatic heterocycles. The van der Waals surface area contributed by atoms with Crippen molar-refractivity contribution >= 4 is 11.6 Å². The van der Waals surface area contributed by atoms with Crippen molar-refractivity contribution in [3.63, 3.8) is 0 Å². The fourth-order valence-electron chi connectivity index (χ4n) is 2.09. The Labute approximate surface area is 113 Å². The molecule has 0 aliphatic rings. The number of benzene rings is 2. The van der Waals surface area contributed by atoms with E-state index in [1.807, 2.05) is 51.1 Å². The minimum absolute atomic E-state index is 0.622. The lowest BCUT2D eigenvalue weighted by molar-refractivity contribution is 0.219. The molecule has 0 radical (unpaired) electrons. The van der Waals surface area contributed by atoms with E-state index >= 15 is 0 Å². The third kappa shape index (κ3) is 2.58. The van der Waals surface area contributed by atoms with Gasteiger partial charge in [0.2, 0.25) is 0 Å². The van der Waals surface area contributed by atoms with E-state index in [4.69, 9.17) is 11.6 Å². The molecule has 1 unspecified atom stereocenters. The molecule has 2 aromatic carbocycles. The molecule has 18 heavy (non-hydrogen) atoms. The van der Waals surface area contributed by atoms with Crippen molar-refractivity contribution < 1.29 is 5.11 Å². The quantitative estimate of drug-likeness (QED) is 0.851. The van der Waals surface area contributed by atoms with Crippen LogP contribution in [-0.4, -0.2) is 5.11 Å². The van der Waals surface area contributed by atoms with E-state index < -0.39 is 6.10 Å². The molecule has 1 atom stereocenters. The molecule has 2 rings (SSSR count). The molecule has 0 heterocycles. The van der Waals surface area contributed by atoms with E-state index in [1.165, 1.54) is 5.56 Å². The number of aliphatic hydroxyl groups is 1. The van der Waals surface area contributed by atoms with Gasteiger partial charge in [-0.05, 0) is 49.1 Å². The van der Waals surface area contributed by atoms with Crippen LogP contribution >= 0.6 is 11.6 Å². The Morgan fingerprint density at radius 1 is 0.944 bits per heavy atom. The Morgan fingerprint density at radius 2 is 1.67 bits per heavy atom. The van der Waals surface area contributed by atoms with Crippen molar-refractivity contribution in [3.05, 3.63) is 69.2 Å². The summed E-state index contributed by atoms with van der Waals surface area (Å²) in [6.45, 7) is 6.02. The third-order valence-electron chi connectivity index (χ3n) is 3.23. The summed E-state index contributed by atoms with van der Waals surface area (Å²) in [6, 6.07) is 11.8. The highest BCUT2D eigenvalue weighted by molar-refractivity contribution is 6.31. The Morgan fingerprint density at radius 3 is 2.28 bits per heavy atom. The fourth-order valence-corrected chi connectivity index (χ4v) is 2.28. The second kappa shape index (κ2) is 5.13. The molecule has 0 aliphatic carbocycles. The largest absolute Gasteiger partial charge is 0.384 e. The first-order chi connectivity index (χ1) is 8.49. The zero-order valence-corrected chi connectivity index (χ0v) is 11.6. The van der Waals surface area contributed by atoms with Crippen LogP contribution in [0.25, 0.3) is 0 Å². The Balaban J connectivity index is 2.41. The normalized spacial score (nSPS) is 12.5. The highest BCUT2D eigenvalue weighted by Gasteiger charge is 2.13. The van der Waals surface area contributed by atoms with E-state index in [0.717, 1.165) is 22.3 Å². The van der Waals surface area contributed by atoms with Gasteiger partial charge in [-0.3, -0.25) is 0 Å². The molecule has 1 nitrogen and oxygen atoms in total. The van der Waals surface area contributed by atoms with Gasteiger partial charge in [0.15, 0.2) is 0 Å². The summed E-state index contributed by atoms with van der Waals surface area (Å²) >= 11 is 6.10. The molecule has 2 aromatic rings. The van der Waals surface area contributed by atoms with Crippen LogP contribution in [-0.2, 0) is 0 Å². The summed E-state index contributed by atoms with van der Waals surface area (Å²) in [5, 5.41) is 11.1. The van der Waals surface area contributed by atoms with Gasteiger partial charge in [0.25, 0.3) is 0 Å². The molecule has 0 bridgehead atoms. The smallest absolute Gasteiger partial charge is 0.104 e. The first kappa shape index (κ1) is 13.1. The number of rotatable bonds is 2. The topological polar surface area (TPSA) is 20.2 Å². The Kier molecular flexibility index (Phi) is 3.74. The van der Waals surface area contributed by atoms with Crippen LogP contribution in [0, 0.1) is 20.8 Å². The van der Waals surface area contributed by atoms with Crippen LogP contribution in [0.1, 0.15) is 33.9 Å². The Bertz CT molecular complexity index is 575. The predicted octanol–water partition coefficient (Wildman–Crippen LogP) is 4.35. The van der Waals surface area contributed by atoms with Gasteiger partial charge in [0.1, 0.15) is 6.10 Å². The van der Waals surface area contributed by atoms with E-state index in [9.17, 15) is 5.11 Å². The maximum Gasteiger partial charge on any atom is 0.104 e. The second-order valence-electron chi connectivity index (χ2n) is 4.77. The maximum absolute atomic E-state index is 10.4. The van der Waals surface area contributed by atoms with Crippen LogP contribution in [0.4, 0.5) is 0 Å². The van der Waals surface area contributed by atoms with Gasteiger partial charge < -0.3 is 5.11 Å². The second-order valence-corrected chi connectivity index (χ2v) is 5.18. The van der Waals surface area contributed by atoms with E-state index in [1.54, 1.807) is 0 Å². The zero-order chi connectivity index (χ0) is 13.3. The lowest BCUT2D eigenvalue weighted by Crippen LogP contribution is -2.02. The van der Waals surface area contributed by atoms with Gasteiger partial charge in [-0.25, -0.2) is 0 Å². The highest BCUT2D eigenvalue weighted by atomic mass is 35.5. The number of halogens is 1. The first-order valence-corrected chi connectivity index (χ1v) is 6.38. The maximum atomic E-state index is 10.4. The van der Waals surface area contributed by atoms with Gasteiger partial charge in [0.05, 0.1) is 0 Å². The average Bonchev–Trinajstić information content (AvgIpc) is 2.32. The summed E-state index contributed by atoms with van der Waals surface area (Å²) in [5.74, 6) is 0. The number of aryl methyl sites for hydroxylation is 3. The molecule has 0 saturated carbocycles. The molecule has 1 N–H and O–H groups in total. The summed E-state index contributed by atoms with van der Waals surface area (Å²) in [6.07, 6.45) is -0.622. The van der Waals surface area contributed by atoms with Crippen LogP contribution in [0.3, 0.4) is 0 Å². The van der Waals surface area contributed by atoms with Crippen LogP contribution in [0.5, 0.6) is 0 Å². The number of hydrogen-bond acceptors (Lipinski definition) is 1. The van der Waals surface area contributed by atoms with Gasteiger partial charge in [-0.2, -0.15) is 0 Å². The average molecular weight is 261 g/mol. The molecular weight excluding hydrogens is 244 g/mol. The molecule has 0 fully saturated rings. The molecule has 0 spiro atoms. The Hall–Kier alpha value is -1.31. The first-order valence-electron chi connectivity index (χ1n) is 6.00. The summed E-state index contributed by atoms with van der Waals surface area (Å²) in [5.41, 5.74) is 5.08. The van der Waals surface area contributed by atoms with Gasteiger partial charge >= 0.3 is 0 Å². The van der Waals surface area contributed by atoms with Crippen LogP contribution < -0.4 is 0 Å². The molecule has 0 saturated heterocycles. The zero-order valence-electron chi connectivity index (χ0n) is 10.9. The lowest BCUT2D eigenvalue weighted by Gasteiger charge is -2.15. The minimum Gasteiger partial charge on any atom is -0.384 e. The van der Waals surface area contributed by atoms with E-state index in [2.05, 4.69) is 6.07 Å². The van der Waals surface area contributed by atoms with Crippen molar-refractivity contribution in [3.8, 4) is 0 Å². The lowest BCUT2D eigenvalue weighted by atomic mass is 9.96.